The fourth-order valence-corrected chi connectivity index (χ4v) is 12.6. The van der Waals surface area contributed by atoms with Crippen LogP contribution in [0.25, 0.3) is 6.08 Å². The maximum atomic E-state index is 15.1. The summed E-state index contributed by atoms with van der Waals surface area (Å²) in [6.07, 6.45) is 6.55. The fourth-order valence-electron chi connectivity index (χ4n) is 12.6. The summed E-state index contributed by atoms with van der Waals surface area (Å²) < 4.78 is 26.4. The van der Waals surface area contributed by atoms with Crippen molar-refractivity contribution in [2.45, 2.75) is 133 Å². The number of carbonyl (C=O) groups excluding carboxylic acids is 3. The van der Waals surface area contributed by atoms with Crippen LogP contribution in [0, 0.1) is 22.7 Å². The van der Waals surface area contributed by atoms with E-state index in [-0.39, 0.29) is 55.5 Å². The Kier molecular flexibility index (Phi) is 9.65. The van der Waals surface area contributed by atoms with Gasteiger partial charge in [0.1, 0.15) is 29.8 Å². The van der Waals surface area contributed by atoms with Gasteiger partial charge >= 0.3 is 5.97 Å². The van der Waals surface area contributed by atoms with Crippen molar-refractivity contribution in [1.29, 1.82) is 0 Å². The van der Waals surface area contributed by atoms with Gasteiger partial charge in [0.15, 0.2) is 11.8 Å². The number of nitrogens with one attached hydrogen (secondary N) is 2. The second-order valence-corrected chi connectivity index (χ2v) is 20.1. The van der Waals surface area contributed by atoms with E-state index >= 15 is 4.79 Å². The highest BCUT2D eigenvalue weighted by Gasteiger charge is 2.76. The van der Waals surface area contributed by atoms with E-state index in [0.29, 0.717) is 41.9 Å². The predicted molar refractivity (Wildman–Crippen MR) is 227 cm³/mol. The van der Waals surface area contributed by atoms with Gasteiger partial charge in [0, 0.05) is 37.9 Å². The van der Waals surface area contributed by atoms with Gasteiger partial charge in [0.25, 0.3) is 5.91 Å². The molecule has 4 heterocycles. The molecule has 326 valence electrons. The Balaban J connectivity index is 0.915. The lowest BCUT2D eigenvalue weighted by Crippen LogP contribution is -2.69. The molecule has 62 heavy (non-hydrogen) atoms. The molecule has 2 bridgehead atoms. The molecule has 10 atom stereocenters. The van der Waals surface area contributed by atoms with Crippen molar-refractivity contribution in [1.82, 2.24) is 15.7 Å². The van der Waals surface area contributed by atoms with Crippen molar-refractivity contribution in [3.8, 4) is 0 Å². The molecule has 12 nitrogen and oxygen atoms in total. The maximum Gasteiger partial charge on any atom is 0.327 e. The number of amides is 2. The van der Waals surface area contributed by atoms with E-state index in [1.54, 1.807) is 23.3 Å². The number of nitrogens with zero attached hydrogens (tertiary/aromatic N) is 1. The largest absolute Gasteiger partial charge is 0.458 e. The van der Waals surface area contributed by atoms with Crippen molar-refractivity contribution >= 4 is 23.9 Å². The number of ether oxygens (including phenoxy) is 4. The zero-order valence-electron chi connectivity index (χ0n) is 35.8. The first-order valence-electron chi connectivity index (χ1n) is 22.7. The highest BCUT2D eigenvalue weighted by molar-refractivity contribution is 5.95. The Labute approximate surface area is 362 Å². The second kappa shape index (κ2) is 14.8. The average Bonchev–Trinajstić information content (AvgIpc) is 3.53. The van der Waals surface area contributed by atoms with Crippen molar-refractivity contribution in [3.05, 3.63) is 112 Å². The molecular weight excluding hydrogens is 787 g/mol. The maximum absolute atomic E-state index is 15.1. The van der Waals surface area contributed by atoms with Crippen molar-refractivity contribution < 1.29 is 43.3 Å². The number of fused-ring (bicyclic) bond motifs is 7. The highest BCUT2D eigenvalue weighted by Crippen LogP contribution is 2.61. The molecule has 3 N–H and O–H groups in total. The topological polar surface area (TPSA) is 148 Å². The van der Waals surface area contributed by atoms with E-state index in [1.165, 1.54) is 5.57 Å². The van der Waals surface area contributed by atoms with Crippen molar-refractivity contribution in [2.24, 2.45) is 22.7 Å². The van der Waals surface area contributed by atoms with Crippen LogP contribution >= 0.6 is 0 Å². The highest BCUT2D eigenvalue weighted by atomic mass is 16.8. The number of rotatable bonds is 9. The van der Waals surface area contributed by atoms with Crippen LogP contribution in [0.2, 0.25) is 0 Å². The zero-order chi connectivity index (χ0) is 42.6. The van der Waals surface area contributed by atoms with Gasteiger partial charge in [0.2, 0.25) is 5.91 Å². The summed E-state index contributed by atoms with van der Waals surface area (Å²) in [4.78, 5) is 49.4. The number of hydrogen-bond acceptors (Lipinski definition) is 10. The molecule has 8 aliphatic rings. The minimum Gasteiger partial charge on any atom is -0.458 e. The van der Waals surface area contributed by atoms with Crippen molar-refractivity contribution in [2.75, 3.05) is 13.2 Å². The van der Waals surface area contributed by atoms with Crippen LogP contribution in [0.5, 0.6) is 0 Å². The third-order valence-electron chi connectivity index (χ3n) is 15.9. The molecule has 0 radical (unpaired) electrons. The van der Waals surface area contributed by atoms with E-state index < -0.39 is 47.6 Å². The first-order valence-corrected chi connectivity index (χ1v) is 22.7. The van der Waals surface area contributed by atoms with Gasteiger partial charge in [-0.1, -0.05) is 86.2 Å². The number of esters is 1. The average molecular weight is 844 g/mol. The van der Waals surface area contributed by atoms with Gasteiger partial charge in [-0.25, -0.2) is 0 Å². The first-order chi connectivity index (χ1) is 29.9. The number of hydrogen-bond donors (Lipinski definition) is 3. The molecule has 0 aromatic heterocycles. The van der Waals surface area contributed by atoms with Gasteiger partial charge in [0.05, 0.1) is 24.9 Å². The molecule has 2 amide bonds. The smallest absolute Gasteiger partial charge is 0.327 e. The Morgan fingerprint density at radius 3 is 2.47 bits per heavy atom. The molecule has 12 heteroatoms. The predicted octanol–water partition coefficient (Wildman–Crippen LogP) is 5.58. The molecule has 7 fully saturated rings. The quantitative estimate of drug-likeness (QED) is 0.184. The third-order valence-corrected chi connectivity index (χ3v) is 15.9. The fraction of sp³-hybridized carbons (Fsp3) is 0.540. The Bertz CT molecular complexity index is 2320. The summed E-state index contributed by atoms with van der Waals surface area (Å²) in [6, 6.07) is 22.5. The van der Waals surface area contributed by atoms with E-state index in [2.05, 4.69) is 67.8 Å². The summed E-state index contributed by atoms with van der Waals surface area (Å²) in [7, 11) is 0. The lowest BCUT2D eigenvalue weighted by molar-refractivity contribution is -0.217. The molecule has 4 aliphatic carbocycles. The van der Waals surface area contributed by atoms with E-state index in [4.69, 9.17) is 23.8 Å². The van der Waals surface area contributed by atoms with Crippen LogP contribution in [0.15, 0.2) is 78.4 Å². The molecule has 3 saturated carbocycles. The SMILES string of the molecule is CC1(C)CC2C(=Cc3ccccc3CN3OC4C5OC6(Cc7ccccc7C6)OC5C5CC4(C(=O)NCc4cccc(C(=O)NCCO)c4)C3C(=O)O5)CCC3OC3(C)CCC21. The summed E-state index contributed by atoms with van der Waals surface area (Å²) in [5.74, 6) is -1.02. The molecule has 3 aromatic carbocycles. The van der Waals surface area contributed by atoms with Gasteiger partial charge in [-0.2, -0.15) is 5.06 Å². The number of hydroxylamine groups is 2. The zero-order valence-corrected chi connectivity index (χ0v) is 35.8. The number of aliphatic hydroxyl groups is 1. The minimum atomic E-state index is -1.36. The van der Waals surface area contributed by atoms with Crippen LogP contribution in [0.3, 0.4) is 0 Å². The van der Waals surface area contributed by atoms with Crippen LogP contribution in [0.4, 0.5) is 0 Å². The third kappa shape index (κ3) is 6.58. The molecular formula is C50H57N3O9. The van der Waals surface area contributed by atoms with Gasteiger partial charge in [-0.3, -0.25) is 19.2 Å². The normalized spacial score (nSPS) is 36.2. The van der Waals surface area contributed by atoms with Crippen molar-refractivity contribution in [3.63, 3.8) is 0 Å². The molecule has 4 saturated heterocycles. The first kappa shape index (κ1) is 40.4. The van der Waals surface area contributed by atoms with Gasteiger partial charge in [-0.05, 0) is 96.2 Å². The lowest BCUT2D eigenvalue weighted by Gasteiger charge is -2.53. The summed E-state index contributed by atoms with van der Waals surface area (Å²) in [5, 5.41) is 16.7. The Hall–Kier alpha value is -4.43. The number of carbonyl (C=O) groups is 3. The van der Waals surface area contributed by atoms with Gasteiger partial charge in [-0.15, -0.1) is 0 Å². The molecule has 10 unspecified atom stereocenters. The molecule has 3 aromatic rings. The second-order valence-electron chi connectivity index (χ2n) is 20.1. The summed E-state index contributed by atoms with van der Waals surface area (Å²) >= 11 is 0. The lowest BCUT2D eigenvalue weighted by atomic mass is 9.52. The van der Waals surface area contributed by atoms with Gasteiger partial charge < -0.3 is 34.7 Å². The van der Waals surface area contributed by atoms with E-state index in [0.717, 1.165) is 54.4 Å². The number of aliphatic hydroxyl groups excluding tert-OH is 1. The standard InChI is InChI=1S/C50H57N3O9/c1-47(2)25-36-31(15-16-39-48(3,59-39)18-17-37(36)47)22-30-10-4-7-13-35(30)28-53-42-45(56)58-38-26-50(42,46(57)52-27-29-9-8-14-32(21-29)44(55)51-19-20-54)43(62-53)41-40(38)60-49(61-41)23-33-11-5-6-12-34(33)24-49/h4-14,21-22,36-43,54H,15-20,23-28H2,1-3H3,(H,51,55)(H,52,57). The molecule has 11 rings (SSSR count). The van der Waals surface area contributed by atoms with Crippen LogP contribution < -0.4 is 10.6 Å². The van der Waals surface area contributed by atoms with Crippen LogP contribution in [-0.2, 0) is 59.3 Å². The number of benzene rings is 3. The van der Waals surface area contributed by atoms with E-state index in [1.807, 2.05) is 24.3 Å². The Morgan fingerprint density at radius 1 is 0.903 bits per heavy atom. The van der Waals surface area contributed by atoms with Crippen LogP contribution in [-0.4, -0.2) is 89.1 Å². The monoisotopic (exact) mass is 843 g/mol. The summed E-state index contributed by atoms with van der Waals surface area (Å²) in [5.41, 5.74) is 5.89. The number of epoxide rings is 1. The molecule has 1 spiro atoms. The number of allylic oxidation sites excluding steroid dienone is 1. The minimum absolute atomic E-state index is 0.00103. The van der Waals surface area contributed by atoms with Crippen LogP contribution in [0.1, 0.15) is 97.5 Å². The van der Waals surface area contributed by atoms with E-state index in [9.17, 15) is 14.7 Å². The molecule has 4 aliphatic heterocycles. The summed E-state index contributed by atoms with van der Waals surface area (Å²) in [6.45, 7) is 7.42. The Morgan fingerprint density at radius 2 is 1.68 bits per heavy atom.